The molecule has 1 saturated heterocycles. The number of carbonyl (C=O) groups is 4. The molecule has 4 aromatic rings. The smallest absolute Gasteiger partial charge is 0.250 e. The minimum Gasteiger partial charge on any atom is -0.391 e. The zero-order valence-electron chi connectivity index (χ0n) is 43.2. The first-order valence-corrected chi connectivity index (χ1v) is 26.0. The maximum atomic E-state index is 16.1. The van der Waals surface area contributed by atoms with Gasteiger partial charge in [-0.3, -0.25) is 24.1 Å². The van der Waals surface area contributed by atoms with Crippen LogP contribution in [0, 0.1) is 24.0 Å². The summed E-state index contributed by atoms with van der Waals surface area (Å²) < 4.78 is 69.2. The molecule has 3 aliphatic rings. The van der Waals surface area contributed by atoms with Gasteiger partial charge < -0.3 is 44.9 Å². The number of ether oxygens (including phenoxy) is 4. The predicted molar refractivity (Wildman–Crippen MR) is 276 cm³/mol. The van der Waals surface area contributed by atoms with Gasteiger partial charge in [0.2, 0.25) is 23.6 Å². The van der Waals surface area contributed by atoms with Gasteiger partial charge in [-0.15, -0.1) is 11.3 Å². The minimum absolute atomic E-state index is 0.0205. The van der Waals surface area contributed by atoms with Crippen LogP contribution in [0.2, 0.25) is 0 Å². The van der Waals surface area contributed by atoms with Gasteiger partial charge in [-0.25, -0.2) is 18.2 Å². The predicted octanol–water partition coefficient (Wildman–Crippen LogP) is 7.10. The number of alkyl halides is 1. The Hall–Kier alpha value is -5.54. The largest absolute Gasteiger partial charge is 0.391 e. The maximum Gasteiger partial charge on any atom is 0.250 e. The van der Waals surface area contributed by atoms with Crippen molar-refractivity contribution >= 4 is 46.2 Å². The number of aliphatic hydroxyl groups excluding tert-OH is 1. The average Bonchev–Trinajstić information content (AvgIpc) is 4.06. The summed E-state index contributed by atoms with van der Waals surface area (Å²) in [7, 11) is 0. The van der Waals surface area contributed by atoms with Gasteiger partial charge >= 0.3 is 0 Å². The van der Waals surface area contributed by atoms with Crippen molar-refractivity contribution in [1.29, 1.82) is 0 Å². The van der Waals surface area contributed by atoms with Gasteiger partial charge in [0.1, 0.15) is 42.6 Å². The molecule has 3 aromatic carbocycles. The molecule has 0 spiro atoms. The highest BCUT2D eigenvalue weighted by atomic mass is 32.1. The second kappa shape index (κ2) is 24.9. The molecular weight excluding hydrogens is 978 g/mol. The summed E-state index contributed by atoms with van der Waals surface area (Å²) in [6.45, 7) is 12.5. The fraction of sp³-hybridized carbons (Fsp3) is 0.509. The lowest BCUT2D eigenvalue weighted by atomic mass is 9.84. The molecular formula is C55H69F3N6O9S. The van der Waals surface area contributed by atoms with Crippen molar-refractivity contribution in [2.24, 2.45) is 5.41 Å². The molecule has 0 saturated carbocycles. The number of nitrogens with zero attached hydrogens (tertiary/aromatic N) is 3. The summed E-state index contributed by atoms with van der Waals surface area (Å²) in [6, 6.07) is 14.9. The van der Waals surface area contributed by atoms with Crippen LogP contribution in [0.5, 0.6) is 0 Å². The number of halogens is 3. The van der Waals surface area contributed by atoms with E-state index in [4.69, 9.17) is 18.9 Å². The first-order chi connectivity index (χ1) is 35.2. The quantitative estimate of drug-likeness (QED) is 0.0557. The number of hydrogen-bond acceptors (Lipinski definition) is 12. The normalized spacial score (nSPS) is 19.3. The SMILES string of the molecule is Cc1ncsc1-c1ccc(CNC(=O)[C@@H]2C[C@@H](O)CN2C(=O)[C@@H](NC(=O)COCCOCCOCCOCC(=O)Nc2cc(F)c([C@@H]3C4=C(C[C@@H](C)N3CC(C)(C)F)c3ccccc3C4)c(F)c2)C(C)(C)C)cc1. The van der Waals surface area contributed by atoms with E-state index in [0.717, 1.165) is 56.1 Å². The van der Waals surface area contributed by atoms with Gasteiger partial charge in [-0.2, -0.15) is 0 Å². The lowest BCUT2D eigenvalue weighted by molar-refractivity contribution is -0.144. The second-order valence-electron chi connectivity index (χ2n) is 20.9. The summed E-state index contributed by atoms with van der Waals surface area (Å²) >= 11 is 1.56. The Balaban J connectivity index is 0.771. The highest BCUT2D eigenvalue weighted by Gasteiger charge is 2.45. The molecule has 5 atom stereocenters. The molecule has 4 amide bonds. The van der Waals surface area contributed by atoms with E-state index < -0.39 is 70.6 Å². The molecule has 400 valence electrons. The van der Waals surface area contributed by atoms with Gasteiger partial charge in [0.05, 0.1) is 67.9 Å². The monoisotopic (exact) mass is 1050 g/mol. The van der Waals surface area contributed by atoms with Crippen molar-refractivity contribution in [3.05, 3.63) is 111 Å². The Labute approximate surface area is 435 Å². The van der Waals surface area contributed by atoms with Crippen molar-refractivity contribution < 1.29 is 56.4 Å². The lowest BCUT2D eigenvalue weighted by Crippen LogP contribution is -2.58. The molecule has 15 nitrogen and oxygen atoms in total. The highest BCUT2D eigenvalue weighted by molar-refractivity contribution is 7.13. The molecule has 3 heterocycles. The van der Waals surface area contributed by atoms with Crippen LogP contribution in [-0.4, -0.2) is 139 Å². The number of aryl methyl sites for hydroxylation is 1. The zero-order chi connectivity index (χ0) is 53.3. The molecule has 19 heteroatoms. The number of nitrogens with one attached hydrogen (secondary N) is 3. The number of hydrogen-bond donors (Lipinski definition) is 4. The van der Waals surface area contributed by atoms with Crippen molar-refractivity contribution in [1.82, 2.24) is 25.4 Å². The van der Waals surface area contributed by atoms with Gasteiger partial charge in [-0.05, 0) is 91.5 Å². The summed E-state index contributed by atoms with van der Waals surface area (Å²) in [5.74, 6) is -3.71. The number of aromatic nitrogens is 1. The fourth-order valence-electron chi connectivity index (χ4n) is 9.83. The van der Waals surface area contributed by atoms with E-state index in [9.17, 15) is 24.3 Å². The highest BCUT2D eigenvalue weighted by Crippen LogP contribution is 2.50. The van der Waals surface area contributed by atoms with E-state index in [1.807, 2.05) is 67.3 Å². The van der Waals surface area contributed by atoms with Crippen LogP contribution in [0.1, 0.15) is 88.4 Å². The summed E-state index contributed by atoms with van der Waals surface area (Å²) in [4.78, 5) is 61.6. The molecule has 1 aromatic heterocycles. The standard InChI is InChI=1S/C55H69F3N6O9S/c1-33-22-41-40-11-9-8-10-37(40)23-42(41)49(64(33)31-55(6,7)58)48-43(56)24-38(25-44(48)57)61-46(66)29-72-20-18-70-16-17-71-19-21-73-30-47(67)62-51(54(3,4)5)53(69)63-28-39(65)26-45(63)52(68)59-27-35-12-14-36(15-13-35)50-34(2)60-32-74-50/h8-15,24-25,32-33,39,45,49,51,65H,16-23,26-31H2,1-7H3,(H,59,68)(H,61,66)(H,62,67)/t33-,39-,45+,49+,51-/m1/s1. The number of thiazole rings is 1. The topological polar surface area (TPSA) is 181 Å². The third-order valence-electron chi connectivity index (χ3n) is 13.3. The van der Waals surface area contributed by atoms with E-state index in [0.29, 0.717) is 12.8 Å². The van der Waals surface area contributed by atoms with E-state index in [1.54, 1.807) is 37.6 Å². The third kappa shape index (κ3) is 14.4. The van der Waals surface area contributed by atoms with E-state index >= 15 is 13.2 Å². The second-order valence-corrected chi connectivity index (χ2v) is 21.7. The van der Waals surface area contributed by atoms with Gasteiger partial charge in [0.15, 0.2) is 0 Å². The van der Waals surface area contributed by atoms with Crippen molar-refractivity contribution in [2.45, 2.75) is 110 Å². The van der Waals surface area contributed by atoms with Crippen LogP contribution >= 0.6 is 11.3 Å². The molecule has 74 heavy (non-hydrogen) atoms. The Morgan fingerprint density at radius 1 is 0.878 bits per heavy atom. The number of carbonyl (C=O) groups excluding carboxylic acids is 4. The van der Waals surface area contributed by atoms with Crippen molar-refractivity contribution in [2.75, 3.05) is 71.3 Å². The van der Waals surface area contributed by atoms with Crippen LogP contribution in [-0.2, 0) is 51.1 Å². The van der Waals surface area contributed by atoms with Crippen LogP contribution in [0.4, 0.5) is 18.9 Å². The van der Waals surface area contributed by atoms with Gasteiger partial charge in [0, 0.05) is 43.3 Å². The van der Waals surface area contributed by atoms with Crippen LogP contribution in [0.25, 0.3) is 16.0 Å². The van der Waals surface area contributed by atoms with E-state index in [1.165, 1.54) is 18.7 Å². The number of benzene rings is 3. The number of anilines is 1. The molecule has 7 rings (SSSR count). The van der Waals surface area contributed by atoms with Crippen molar-refractivity contribution in [3.8, 4) is 10.4 Å². The zero-order valence-corrected chi connectivity index (χ0v) is 44.1. The van der Waals surface area contributed by atoms with Crippen LogP contribution in [0.15, 0.2) is 71.7 Å². The van der Waals surface area contributed by atoms with Gasteiger partial charge in [-0.1, -0.05) is 69.3 Å². The minimum atomic E-state index is -1.62. The molecule has 1 aliphatic carbocycles. The number of β-amino-alcohol motifs (C(OH)–C–C–N with tert-alkyl or cyclic N) is 1. The summed E-state index contributed by atoms with van der Waals surface area (Å²) in [6.07, 6.45) is 0.306. The first-order valence-electron chi connectivity index (χ1n) is 25.1. The lowest BCUT2D eigenvalue weighted by Gasteiger charge is -2.44. The molecule has 2 aliphatic heterocycles. The van der Waals surface area contributed by atoms with Gasteiger partial charge in [0.25, 0.3) is 0 Å². The fourth-order valence-corrected chi connectivity index (χ4v) is 10.6. The van der Waals surface area contributed by atoms with E-state index in [-0.39, 0.29) is 96.2 Å². The average molecular weight is 1050 g/mol. The molecule has 1 fully saturated rings. The summed E-state index contributed by atoms with van der Waals surface area (Å²) in [5, 5.41) is 18.7. The molecule has 0 unspecified atom stereocenters. The molecule has 4 N–H and O–H groups in total. The van der Waals surface area contributed by atoms with E-state index in [2.05, 4.69) is 20.9 Å². The first kappa shape index (κ1) is 56.2. The number of likely N-dealkylation sites (tertiary alicyclic amines) is 1. The van der Waals surface area contributed by atoms with Crippen molar-refractivity contribution in [3.63, 3.8) is 0 Å². The Morgan fingerprint density at radius 2 is 1.50 bits per heavy atom. The number of aliphatic hydroxyl groups is 1. The van der Waals surface area contributed by atoms with Crippen LogP contribution in [0.3, 0.4) is 0 Å². The third-order valence-corrected chi connectivity index (χ3v) is 14.3. The molecule has 0 bridgehead atoms. The maximum absolute atomic E-state index is 16.1. The Morgan fingerprint density at radius 3 is 2.11 bits per heavy atom. The summed E-state index contributed by atoms with van der Waals surface area (Å²) in [5.41, 5.74) is 6.08. The Kier molecular flexibility index (Phi) is 18.9. The number of fused-ring (bicyclic) bond motifs is 2. The molecule has 0 radical (unpaired) electrons. The Bertz CT molecular complexity index is 2630. The number of amides is 4. The van der Waals surface area contributed by atoms with Crippen LogP contribution < -0.4 is 16.0 Å². The number of rotatable bonds is 23.